The van der Waals surface area contributed by atoms with Crippen LogP contribution in [0.15, 0.2) is 30.3 Å². The molecular formula is C19H28N2O3. The summed E-state index contributed by atoms with van der Waals surface area (Å²) >= 11 is 0. The van der Waals surface area contributed by atoms with E-state index < -0.39 is 0 Å². The Labute approximate surface area is 144 Å². The van der Waals surface area contributed by atoms with Crippen molar-refractivity contribution in [2.75, 3.05) is 26.2 Å². The Bertz CT molecular complexity index is 537. The molecule has 0 bridgehead atoms. The van der Waals surface area contributed by atoms with Crippen LogP contribution in [-0.2, 0) is 16.1 Å². The zero-order chi connectivity index (χ0) is 16.9. The van der Waals surface area contributed by atoms with Crippen LogP contribution in [0.1, 0.15) is 31.7 Å². The monoisotopic (exact) mass is 332 g/mol. The molecule has 0 aliphatic carbocycles. The summed E-state index contributed by atoms with van der Waals surface area (Å²) in [6.45, 7) is 4.83. The maximum absolute atomic E-state index is 13.1. The average molecular weight is 332 g/mol. The van der Waals surface area contributed by atoms with Gasteiger partial charge in [0.15, 0.2) is 0 Å². The van der Waals surface area contributed by atoms with E-state index in [0.717, 1.165) is 32.4 Å². The number of aliphatic hydroxyl groups excluding tert-OH is 1. The van der Waals surface area contributed by atoms with Crippen molar-refractivity contribution in [2.24, 2.45) is 0 Å². The second-order valence-corrected chi connectivity index (χ2v) is 6.96. The molecule has 5 heteroatoms. The lowest BCUT2D eigenvalue weighted by Crippen LogP contribution is -2.57. The zero-order valence-corrected chi connectivity index (χ0v) is 14.4. The van der Waals surface area contributed by atoms with Crippen LogP contribution >= 0.6 is 0 Å². The first kappa shape index (κ1) is 17.4. The van der Waals surface area contributed by atoms with Crippen LogP contribution in [-0.4, -0.2) is 65.3 Å². The molecule has 0 radical (unpaired) electrons. The van der Waals surface area contributed by atoms with Crippen LogP contribution in [0, 0.1) is 0 Å². The fourth-order valence-corrected chi connectivity index (χ4v) is 3.81. The van der Waals surface area contributed by atoms with E-state index in [4.69, 9.17) is 4.74 Å². The molecule has 0 saturated carbocycles. The van der Waals surface area contributed by atoms with E-state index in [0.29, 0.717) is 13.1 Å². The zero-order valence-electron chi connectivity index (χ0n) is 14.4. The molecule has 2 heterocycles. The maximum Gasteiger partial charge on any atom is 0.240 e. The summed E-state index contributed by atoms with van der Waals surface area (Å²) in [6.07, 6.45) is 2.89. The van der Waals surface area contributed by atoms with Gasteiger partial charge < -0.3 is 14.7 Å². The highest BCUT2D eigenvalue weighted by molar-refractivity contribution is 5.82. The van der Waals surface area contributed by atoms with Gasteiger partial charge in [-0.1, -0.05) is 36.8 Å². The molecule has 0 unspecified atom stereocenters. The Balaban J connectivity index is 1.69. The minimum Gasteiger partial charge on any atom is -0.394 e. The summed E-state index contributed by atoms with van der Waals surface area (Å²) in [6, 6.07) is 10.3. The van der Waals surface area contributed by atoms with E-state index in [1.54, 1.807) is 0 Å². The molecule has 2 aliphatic rings. The van der Waals surface area contributed by atoms with Gasteiger partial charge in [0.05, 0.1) is 24.9 Å². The molecule has 132 valence electrons. The largest absolute Gasteiger partial charge is 0.394 e. The summed E-state index contributed by atoms with van der Waals surface area (Å²) in [7, 11) is 0. The van der Waals surface area contributed by atoms with Crippen molar-refractivity contribution in [3.8, 4) is 0 Å². The third-order valence-corrected chi connectivity index (χ3v) is 4.97. The van der Waals surface area contributed by atoms with Crippen molar-refractivity contribution < 1.29 is 14.6 Å². The molecule has 3 rings (SSSR count). The van der Waals surface area contributed by atoms with Gasteiger partial charge in [0, 0.05) is 19.6 Å². The van der Waals surface area contributed by atoms with E-state index in [2.05, 4.69) is 17.0 Å². The first-order valence-electron chi connectivity index (χ1n) is 9.00. The van der Waals surface area contributed by atoms with E-state index in [1.807, 2.05) is 30.0 Å². The number of amides is 1. The van der Waals surface area contributed by atoms with Gasteiger partial charge in [-0.3, -0.25) is 9.69 Å². The number of hydrogen-bond donors (Lipinski definition) is 1. The van der Waals surface area contributed by atoms with Gasteiger partial charge in [-0.2, -0.15) is 0 Å². The van der Waals surface area contributed by atoms with Gasteiger partial charge in [0.2, 0.25) is 5.91 Å². The second kappa shape index (κ2) is 8.10. The van der Waals surface area contributed by atoms with Gasteiger partial charge >= 0.3 is 0 Å². The second-order valence-electron chi connectivity index (χ2n) is 6.96. The van der Waals surface area contributed by atoms with E-state index in [9.17, 15) is 9.90 Å². The van der Waals surface area contributed by atoms with Crippen molar-refractivity contribution in [3.05, 3.63) is 35.9 Å². The average Bonchev–Trinajstić information content (AvgIpc) is 2.62. The first-order chi connectivity index (χ1) is 11.7. The molecule has 1 aromatic carbocycles. The van der Waals surface area contributed by atoms with Crippen LogP contribution in [0.2, 0.25) is 0 Å². The third kappa shape index (κ3) is 4.15. The van der Waals surface area contributed by atoms with Crippen LogP contribution < -0.4 is 0 Å². The summed E-state index contributed by atoms with van der Waals surface area (Å²) in [4.78, 5) is 17.3. The fraction of sp³-hybridized carbons (Fsp3) is 0.632. The highest BCUT2D eigenvalue weighted by Gasteiger charge is 2.35. The van der Waals surface area contributed by atoms with E-state index in [1.165, 1.54) is 5.56 Å². The van der Waals surface area contributed by atoms with Crippen molar-refractivity contribution >= 4 is 5.91 Å². The van der Waals surface area contributed by atoms with Gasteiger partial charge in [-0.05, 0) is 31.9 Å². The number of morpholine rings is 1. The number of benzene rings is 1. The highest BCUT2D eigenvalue weighted by atomic mass is 16.5. The number of likely N-dealkylation sites (tertiary alicyclic amines) is 1. The van der Waals surface area contributed by atoms with Gasteiger partial charge in [0.1, 0.15) is 0 Å². The van der Waals surface area contributed by atoms with Crippen molar-refractivity contribution in [1.82, 2.24) is 9.80 Å². The molecule has 1 N–H and O–H groups in total. The molecule has 0 spiro atoms. The van der Waals surface area contributed by atoms with Crippen LogP contribution in [0.5, 0.6) is 0 Å². The Morgan fingerprint density at radius 3 is 2.79 bits per heavy atom. The number of aliphatic hydroxyl groups is 1. The molecule has 2 aliphatic heterocycles. The highest BCUT2D eigenvalue weighted by Crippen LogP contribution is 2.23. The molecule has 0 aromatic heterocycles. The summed E-state index contributed by atoms with van der Waals surface area (Å²) in [5.41, 5.74) is 1.25. The molecule has 2 fully saturated rings. The molecule has 1 aromatic rings. The molecule has 24 heavy (non-hydrogen) atoms. The Hall–Kier alpha value is -1.43. The minimum atomic E-state index is -0.260. The normalized spacial score (nSPS) is 28.8. The standard InChI is InChI=1S/C19H28N2O3/c1-15-11-21(13-17(14-22)24-15)19(23)18-9-5-6-10-20(18)12-16-7-3-2-4-8-16/h2-4,7-8,15,17-18,22H,5-6,9-14H2,1H3/t15-,17+,18-/m1/s1. The third-order valence-electron chi connectivity index (χ3n) is 4.97. The fourth-order valence-electron chi connectivity index (χ4n) is 3.81. The lowest BCUT2D eigenvalue weighted by molar-refractivity contribution is -0.153. The summed E-state index contributed by atoms with van der Waals surface area (Å²) in [5.74, 6) is 0.194. The number of carbonyl (C=O) groups is 1. The molecular weight excluding hydrogens is 304 g/mol. The Kier molecular flexibility index (Phi) is 5.87. The first-order valence-corrected chi connectivity index (χ1v) is 9.00. The van der Waals surface area contributed by atoms with Crippen LogP contribution in [0.4, 0.5) is 0 Å². The quantitative estimate of drug-likeness (QED) is 0.911. The van der Waals surface area contributed by atoms with E-state index >= 15 is 0 Å². The van der Waals surface area contributed by atoms with Gasteiger partial charge in [-0.15, -0.1) is 0 Å². The summed E-state index contributed by atoms with van der Waals surface area (Å²) in [5, 5.41) is 9.39. The summed E-state index contributed by atoms with van der Waals surface area (Å²) < 4.78 is 5.67. The number of hydrogen-bond acceptors (Lipinski definition) is 4. The van der Waals surface area contributed by atoms with Crippen LogP contribution in [0.3, 0.4) is 0 Å². The van der Waals surface area contributed by atoms with E-state index in [-0.39, 0.29) is 30.8 Å². The number of ether oxygens (including phenoxy) is 1. The molecule has 1 amide bonds. The number of piperidine rings is 1. The number of rotatable bonds is 4. The lowest BCUT2D eigenvalue weighted by atomic mass is 9.99. The topological polar surface area (TPSA) is 53.0 Å². The molecule has 2 saturated heterocycles. The van der Waals surface area contributed by atoms with Gasteiger partial charge in [0.25, 0.3) is 0 Å². The van der Waals surface area contributed by atoms with Crippen molar-refractivity contribution in [2.45, 2.75) is 51.0 Å². The SMILES string of the molecule is C[C@@H]1CN(C(=O)[C@H]2CCCCN2Cc2ccccc2)C[C@@H](CO)O1. The van der Waals surface area contributed by atoms with Gasteiger partial charge in [-0.25, -0.2) is 0 Å². The number of carbonyl (C=O) groups excluding carboxylic acids is 1. The minimum absolute atomic E-state index is 0.0222. The number of nitrogens with zero attached hydrogens (tertiary/aromatic N) is 2. The molecule has 3 atom stereocenters. The lowest BCUT2D eigenvalue weighted by Gasteiger charge is -2.41. The molecule has 5 nitrogen and oxygen atoms in total. The maximum atomic E-state index is 13.1. The predicted octanol–water partition coefficient (Wildman–Crippen LogP) is 1.65. The van der Waals surface area contributed by atoms with Crippen molar-refractivity contribution in [3.63, 3.8) is 0 Å². The smallest absolute Gasteiger partial charge is 0.240 e. The van der Waals surface area contributed by atoms with Crippen LogP contribution in [0.25, 0.3) is 0 Å². The van der Waals surface area contributed by atoms with Crippen molar-refractivity contribution in [1.29, 1.82) is 0 Å². The predicted molar refractivity (Wildman–Crippen MR) is 92.5 cm³/mol. The Morgan fingerprint density at radius 2 is 2.04 bits per heavy atom. The Morgan fingerprint density at radius 1 is 1.25 bits per heavy atom.